The summed E-state index contributed by atoms with van der Waals surface area (Å²) in [5.41, 5.74) is -0.724. The fourth-order valence-electron chi connectivity index (χ4n) is 7.38. The van der Waals surface area contributed by atoms with Crippen molar-refractivity contribution in [2.24, 2.45) is 29.1 Å². The summed E-state index contributed by atoms with van der Waals surface area (Å²) in [4.78, 5) is 0. The van der Waals surface area contributed by atoms with Crippen LogP contribution in [0.25, 0.3) is 11.9 Å². The third-order valence-corrected chi connectivity index (χ3v) is 9.65. The smallest absolute Gasteiger partial charge is 0.161 e. The second kappa shape index (κ2) is 12.5. The Labute approximate surface area is 212 Å². The molecule has 0 saturated heterocycles. The van der Waals surface area contributed by atoms with Gasteiger partial charge in [0.25, 0.3) is 0 Å². The minimum atomic E-state index is -1.53. The SMILES string of the molecule is C=CCCC1CCC(C2CCC(CCC3(CC/C=C/C)C=c4ccccc4=C(F)C3F)CC2)CC1. The van der Waals surface area contributed by atoms with E-state index in [9.17, 15) is 0 Å². The predicted octanol–water partition coefficient (Wildman–Crippen LogP) is 8.60. The number of benzene rings is 1. The fourth-order valence-corrected chi connectivity index (χ4v) is 7.38. The fraction of sp³-hybridized carbons (Fsp3) is 0.636. The highest BCUT2D eigenvalue weighted by atomic mass is 19.2. The number of alkyl halides is 1. The number of allylic oxidation sites excluding steroid dienone is 3. The van der Waals surface area contributed by atoms with Gasteiger partial charge in [-0.25, -0.2) is 8.78 Å². The van der Waals surface area contributed by atoms with E-state index in [0.717, 1.165) is 42.2 Å². The highest BCUT2D eigenvalue weighted by molar-refractivity contribution is 5.54. The van der Waals surface area contributed by atoms with Gasteiger partial charge in [-0.15, -0.1) is 6.58 Å². The molecule has 2 unspecified atom stereocenters. The Morgan fingerprint density at radius 1 is 0.886 bits per heavy atom. The maximum absolute atomic E-state index is 15.7. The molecule has 0 aromatic heterocycles. The van der Waals surface area contributed by atoms with Crippen molar-refractivity contribution in [1.29, 1.82) is 0 Å². The first-order chi connectivity index (χ1) is 17.1. The molecule has 0 bridgehead atoms. The number of fused-ring (bicyclic) bond motifs is 1. The molecule has 0 nitrogen and oxygen atoms in total. The standard InChI is InChI=1S/C33H46F2/c1-3-5-9-22-33(24-29-11-7-8-12-30(29)31(34)32(33)35)23-21-26-15-19-28(20-16-26)27-17-13-25(14-18-27)10-6-4-2/h3-5,7-8,11-12,24-28,32H,2,6,9-10,13-23H2,1H3/b5-3+. The zero-order valence-electron chi connectivity index (χ0n) is 21.9. The lowest BCUT2D eigenvalue weighted by Gasteiger charge is -2.40. The molecule has 35 heavy (non-hydrogen) atoms. The molecule has 0 radical (unpaired) electrons. The van der Waals surface area contributed by atoms with Crippen LogP contribution in [0, 0.1) is 29.1 Å². The largest absolute Gasteiger partial charge is 0.239 e. The van der Waals surface area contributed by atoms with Gasteiger partial charge in [-0.05, 0) is 100 Å². The van der Waals surface area contributed by atoms with Crippen LogP contribution in [0.4, 0.5) is 8.78 Å². The number of hydrogen-bond acceptors (Lipinski definition) is 0. The van der Waals surface area contributed by atoms with E-state index in [-0.39, 0.29) is 0 Å². The van der Waals surface area contributed by atoms with Gasteiger partial charge < -0.3 is 0 Å². The lowest BCUT2D eigenvalue weighted by atomic mass is 9.66. The average Bonchev–Trinajstić information content (AvgIpc) is 2.90. The topological polar surface area (TPSA) is 0 Å². The van der Waals surface area contributed by atoms with E-state index in [1.807, 2.05) is 25.1 Å². The lowest BCUT2D eigenvalue weighted by Crippen LogP contribution is -2.43. The molecule has 1 aromatic carbocycles. The molecule has 0 amide bonds. The van der Waals surface area contributed by atoms with Crippen molar-refractivity contribution >= 4 is 11.9 Å². The van der Waals surface area contributed by atoms with Gasteiger partial charge in [-0.3, -0.25) is 0 Å². The second-order valence-electron chi connectivity index (χ2n) is 11.7. The molecule has 3 aliphatic rings. The monoisotopic (exact) mass is 480 g/mol. The molecule has 2 fully saturated rings. The Hall–Kier alpha value is -1.70. The normalized spacial score (nSPS) is 33.3. The predicted molar refractivity (Wildman–Crippen MR) is 146 cm³/mol. The molecule has 3 aliphatic carbocycles. The van der Waals surface area contributed by atoms with Gasteiger partial charge in [0.2, 0.25) is 0 Å². The minimum absolute atomic E-state index is 0.446. The maximum Gasteiger partial charge on any atom is 0.161 e. The van der Waals surface area contributed by atoms with E-state index >= 15 is 8.78 Å². The molecule has 0 aliphatic heterocycles. The van der Waals surface area contributed by atoms with Crippen molar-refractivity contribution in [3.63, 3.8) is 0 Å². The summed E-state index contributed by atoms with van der Waals surface area (Å²) in [6.45, 7) is 5.88. The van der Waals surface area contributed by atoms with E-state index in [1.54, 1.807) is 12.1 Å². The van der Waals surface area contributed by atoms with Gasteiger partial charge in [0.05, 0.1) is 0 Å². The summed E-state index contributed by atoms with van der Waals surface area (Å²) in [7, 11) is 0. The molecular weight excluding hydrogens is 434 g/mol. The van der Waals surface area contributed by atoms with Crippen molar-refractivity contribution in [2.75, 3.05) is 0 Å². The van der Waals surface area contributed by atoms with Crippen LogP contribution in [0.1, 0.15) is 96.8 Å². The third kappa shape index (κ3) is 6.36. The summed E-state index contributed by atoms with van der Waals surface area (Å²) >= 11 is 0. The summed E-state index contributed by atoms with van der Waals surface area (Å²) < 4.78 is 30.9. The van der Waals surface area contributed by atoms with Crippen molar-refractivity contribution in [3.8, 4) is 0 Å². The van der Waals surface area contributed by atoms with Gasteiger partial charge in [0.15, 0.2) is 6.17 Å². The molecule has 1 aromatic rings. The molecule has 2 heteroatoms. The van der Waals surface area contributed by atoms with Crippen molar-refractivity contribution in [3.05, 3.63) is 59.5 Å². The molecule has 192 valence electrons. The van der Waals surface area contributed by atoms with Crippen molar-refractivity contribution in [2.45, 2.75) is 103 Å². The van der Waals surface area contributed by atoms with Crippen molar-refractivity contribution < 1.29 is 8.78 Å². The third-order valence-electron chi connectivity index (χ3n) is 9.65. The molecule has 0 heterocycles. The first-order valence-corrected chi connectivity index (χ1v) is 14.4. The highest BCUT2D eigenvalue weighted by Gasteiger charge is 2.42. The van der Waals surface area contributed by atoms with Crippen LogP contribution >= 0.6 is 0 Å². The molecule has 0 spiro atoms. The quantitative estimate of drug-likeness (QED) is 0.294. The summed E-state index contributed by atoms with van der Waals surface area (Å²) in [6, 6.07) is 7.41. The van der Waals surface area contributed by atoms with Gasteiger partial charge >= 0.3 is 0 Å². The van der Waals surface area contributed by atoms with Gasteiger partial charge in [-0.1, -0.05) is 74.3 Å². The number of hydrogen-bond donors (Lipinski definition) is 0. The minimum Gasteiger partial charge on any atom is -0.239 e. The molecule has 2 saturated carbocycles. The first-order valence-electron chi connectivity index (χ1n) is 14.4. The summed E-state index contributed by atoms with van der Waals surface area (Å²) in [6.07, 6.45) is 23.3. The van der Waals surface area contributed by atoms with Crippen LogP contribution in [-0.2, 0) is 0 Å². The van der Waals surface area contributed by atoms with Crippen molar-refractivity contribution in [1.82, 2.24) is 0 Å². The van der Waals surface area contributed by atoms with E-state index < -0.39 is 17.4 Å². The van der Waals surface area contributed by atoms with Crippen LogP contribution in [-0.4, -0.2) is 6.17 Å². The highest BCUT2D eigenvalue weighted by Crippen LogP contribution is 2.47. The molecule has 4 rings (SSSR count). The summed E-state index contributed by atoms with van der Waals surface area (Å²) in [5, 5.41) is 1.31. The Balaban J connectivity index is 1.34. The zero-order valence-corrected chi connectivity index (χ0v) is 21.9. The molecule has 0 N–H and O–H groups in total. The maximum atomic E-state index is 15.7. The van der Waals surface area contributed by atoms with E-state index in [1.165, 1.54) is 64.2 Å². The average molecular weight is 481 g/mol. The second-order valence-corrected chi connectivity index (χ2v) is 11.7. The van der Waals surface area contributed by atoms with Crippen LogP contribution in [0.5, 0.6) is 0 Å². The van der Waals surface area contributed by atoms with Gasteiger partial charge in [0.1, 0.15) is 5.83 Å². The summed E-state index contributed by atoms with van der Waals surface area (Å²) in [5.74, 6) is 2.83. The Kier molecular flexibility index (Phi) is 9.42. The Morgan fingerprint density at radius 2 is 1.51 bits per heavy atom. The van der Waals surface area contributed by atoms with E-state index in [4.69, 9.17) is 0 Å². The van der Waals surface area contributed by atoms with Crippen LogP contribution in [0.3, 0.4) is 0 Å². The van der Waals surface area contributed by atoms with Crippen LogP contribution < -0.4 is 10.4 Å². The van der Waals surface area contributed by atoms with Crippen LogP contribution in [0.15, 0.2) is 49.1 Å². The Morgan fingerprint density at radius 3 is 2.14 bits per heavy atom. The van der Waals surface area contributed by atoms with E-state index in [0.29, 0.717) is 17.6 Å². The number of halogens is 2. The van der Waals surface area contributed by atoms with E-state index in [2.05, 4.69) is 24.8 Å². The number of rotatable bonds is 10. The Bertz CT molecular complexity index is 959. The lowest BCUT2D eigenvalue weighted by molar-refractivity contribution is 0.126. The van der Waals surface area contributed by atoms with Gasteiger partial charge in [-0.2, -0.15) is 0 Å². The van der Waals surface area contributed by atoms with Gasteiger partial charge in [0, 0.05) is 10.6 Å². The molecular formula is C33H46F2. The molecule has 2 atom stereocenters. The zero-order chi connectivity index (χ0) is 24.7. The first kappa shape index (κ1) is 26.4. The van der Waals surface area contributed by atoms with Crippen LogP contribution in [0.2, 0.25) is 0 Å².